The summed E-state index contributed by atoms with van der Waals surface area (Å²) in [7, 11) is 1.77. The van der Waals surface area contributed by atoms with Crippen LogP contribution in [0.1, 0.15) is 34.6 Å². The van der Waals surface area contributed by atoms with Gasteiger partial charge in [0.15, 0.2) is 0 Å². The molecule has 3 heteroatoms. The molecule has 0 amide bonds. The zero-order valence-electron chi connectivity index (χ0n) is 9.18. The van der Waals surface area contributed by atoms with Crippen molar-refractivity contribution >= 4 is 0 Å². The maximum Gasteiger partial charge on any atom is 0.0254 e. The van der Waals surface area contributed by atoms with Crippen LogP contribution in [-0.2, 0) is 0 Å². The van der Waals surface area contributed by atoms with Crippen molar-refractivity contribution in [3.8, 4) is 12.8 Å². The van der Waals surface area contributed by atoms with Gasteiger partial charge in [-0.2, -0.15) is 5.12 Å². The van der Waals surface area contributed by atoms with Crippen LogP contribution in [0, 0.1) is 12.8 Å². The smallest absolute Gasteiger partial charge is 0.0254 e. The topological polar surface area (TPSA) is 41.3 Å². The number of hydrogen-bond donors (Lipinski definition) is 2. The van der Waals surface area contributed by atoms with Gasteiger partial charge in [0.05, 0.1) is 0 Å². The average molecular weight is 173 g/mol. The van der Waals surface area contributed by atoms with Gasteiger partial charge in [-0.25, -0.2) is 5.43 Å². The van der Waals surface area contributed by atoms with Gasteiger partial charge in [-0.05, 0) is 20.8 Å². The van der Waals surface area contributed by atoms with E-state index in [0.29, 0.717) is 0 Å². The largest absolute Gasteiger partial charge is 0.255 e. The van der Waals surface area contributed by atoms with Crippen molar-refractivity contribution in [3.63, 3.8) is 0 Å². The standard InChI is InChI=1S/C5H15N3.C2H6.C2H2/c1-5(2,3)7-8(4)6;2*1-2/h7H,6H2,1-4H3;1-2H3;1-2H. The van der Waals surface area contributed by atoms with Gasteiger partial charge in [-0.1, -0.05) is 13.8 Å². The van der Waals surface area contributed by atoms with Crippen molar-refractivity contribution in [3.05, 3.63) is 0 Å². The lowest BCUT2D eigenvalue weighted by Gasteiger charge is -2.24. The van der Waals surface area contributed by atoms with Crippen LogP contribution in [0.15, 0.2) is 0 Å². The molecule has 0 saturated carbocycles. The summed E-state index contributed by atoms with van der Waals surface area (Å²) in [5, 5.41) is 1.46. The molecule has 0 bridgehead atoms. The fourth-order valence-electron chi connectivity index (χ4n) is 0.529. The van der Waals surface area contributed by atoms with Gasteiger partial charge >= 0.3 is 0 Å². The molecule has 3 N–H and O–H groups in total. The van der Waals surface area contributed by atoms with E-state index < -0.39 is 0 Å². The summed E-state index contributed by atoms with van der Waals surface area (Å²) in [5.41, 5.74) is 3.07. The number of hydrazine groups is 2. The summed E-state index contributed by atoms with van der Waals surface area (Å²) >= 11 is 0. The maximum atomic E-state index is 5.30. The van der Waals surface area contributed by atoms with Crippen LogP contribution in [0.2, 0.25) is 0 Å². The van der Waals surface area contributed by atoms with Gasteiger partial charge in [0, 0.05) is 12.6 Å². The van der Waals surface area contributed by atoms with Crippen molar-refractivity contribution in [2.24, 2.45) is 5.84 Å². The van der Waals surface area contributed by atoms with Crippen LogP contribution in [-0.4, -0.2) is 17.7 Å². The number of terminal acetylenes is 1. The quantitative estimate of drug-likeness (QED) is 0.357. The first-order valence-electron chi connectivity index (χ1n) is 4.01. The molecule has 0 spiro atoms. The highest BCUT2D eigenvalue weighted by Gasteiger charge is 2.08. The highest BCUT2D eigenvalue weighted by molar-refractivity contribution is 4.65. The molecule has 0 aromatic carbocycles. The van der Waals surface area contributed by atoms with Gasteiger partial charge < -0.3 is 0 Å². The lowest BCUT2D eigenvalue weighted by Crippen LogP contribution is -2.50. The van der Waals surface area contributed by atoms with Gasteiger partial charge in [-0.3, -0.25) is 5.84 Å². The first-order chi connectivity index (χ1) is 5.42. The molecule has 3 nitrogen and oxygen atoms in total. The zero-order valence-corrected chi connectivity index (χ0v) is 9.18. The molecule has 0 aromatic heterocycles. The summed E-state index contributed by atoms with van der Waals surface area (Å²) in [6.45, 7) is 10.2. The summed E-state index contributed by atoms with van der Waals surface area (Å²) in [6.07, 6.45) is 8.00. The third kappa shape index (κ3) is 34.1. The van der Waals surface area contributed by atoms with Gasteiger partial charge in [0.2, 0.25) is 0 Å². The monoisotopic (exact) mass is 173 g/mol. The Labute approximate surface area is 77.3 Å². The number of rotatable bonds is 1. The van der Waals surface area contributed by atoms with Crippen LogP contribution < -0.4 is 11.3 Å². The van der Waals surface area contributed by atoms with E-state index in [1.165, 1.54) is 5.12 Å². The molecule has 0 unspecified atom stereocenters. The van der Waals surface area contributed by atoms with Crippen molar-refractivity contribution in [1.82, 2.24) is 10.5 Å². The second-order valence-corrected chi connectivity index (χ2v) is 2.97. The minimum atomic E-state index is 0.0729. The number of nitrogens with two attached hydrogens (primary N) is 1. The highest BCUT2D eigenvalue weighted by atomic mass is 15.7. The predicted molar refractivity (Wildman–Crippen MR) is 56.1 cm³/mol. The molecule has 74 valence electrons. The van der Waals surface area contributed by atoms with Crippen LogP contribution in [0.25, 0.3) is 0 Å². The van der Waals surface area contributed by atoms with Crippen molar-refractivity contribution in [2.45, 2.75) is 40.2 Å². The Hall–Kier alpha value is -0.560. The molecule has 12 heavy (non-hydrogen) atoms. The van der Waals surface area contributed by atoms with Crippen molar-refractivity contribution in [1.29, 1.82) is 0 Å². The lowest BCUT2D eigenvalue weighted by molar-refractivity contribution is 0.165. The Morgan fingerprint density at radius 2 is 1.42 bits per heavy atom. The van der Waals surface area contributed by atoms with Gasteiger partial charge in [-0.15, -0.1) is 12.8 Å². The summed E-state index contributed by atoms with van der Waals surface area (Å²) in [6, 6.07) is 0. The molecule has 0 aliphatic heterocycles. The molecule has 0 rings (SSSR count). The van der Waals surface area contributed by atoms with E-state index in [1.54, 1.807) is 7.05 Å². The molecule has 0 radical (unpaired) electrons. The second-order valence-electron chi connectivity index (χ2n) is 2.97. The highest BCUT2D eigenvalue weighted by Crippen LogP contribution is 1.96. The molecule has 0 heterocycles. The van der Waals surface area contributed by atoms with Crippen LogP contribution in [0.4, 0.5) is 0 Å². The summed E-state index contributed by atoms with van der Waals surface area (Å²) in [5.74, 6) is 5.30. The van der Waals surface area contributed by atoms with E-state index >= 15 is 0 Å². The Morgan fingerprint density at radius 1 is 1.17 bits per heavy atom. The van der Waals surface area contributed by atoms with E-state index in [9.17, 15) is 0 Å². The third-order valence-electron chi connectivity index (χ3n) is 0.512. The maximum absolute atomic E-state index is 5.30. The van der Waals surface area contributed by atoms with E-state index in [2.05, 4.69) is 39.0 Å². The number of nitrogens with one attached hydrogen (secondary N) is 1. The predicted octanol–water partition coefficient (Wildman–Crippen LogP) is 1.37. The van der Waals surface area contributed by atoms with Gasteiger partial charge in [0.25, 0.3) is 0 Å². The molecule has 0 saturated heterocycles. The molecular formula is C9H23N3. The molecule has 0 aromatic rings. The Morgan fingerprint density at radius 3 is 1.42 bits per heavy atom. The lowest BCUT2D eigenvalue weighted by atomic mass is 10.1. The first-order valence-corrected chi connectivity index (χ1v) is 4.01. The third-order valence-corrected chi connectivity index (χ3v) is 0.512. The first kappa shape index (κ1) is 17.5. The number of nitrogens with zero attached hydrogens (tertiary/aromatic N) is 1. The minimum absolute atomic E-state index is 0.0729. The fourth-order valence-corrected chi connectivity index (χ4v) is 0.529. The van der Waals surface area contributed by atoms with E-state index in [1.807, 2.05) is 13.8 Å². The van der Waals surface area contributed by atoms with E-state index in [4.69, 9.17) is 5.84 Å². The average Bonchev–Trinajstić information content (AvgIpc) is 1.91. The van der Waals surface area contributed by atoms with Crippen LogP contribution >= 0.6 is 0 Å². The number of hydrogen-bond acceptors (Lipinski definition) is 3. The molecule has 0 atom stereocenters. The van der Waals surface area contributed by atoms with Crippen LogP contribution in [0.5, 0.6) is 0 Å². The van der Waals surface area contributed by atoms with Crippen molar-refractivity contribution < 1.29 is 0 Å². The minimum Gasteiger partial charge on any atom is -0.255 e. The normalized spacial score (nSPS) is 9.17. The summed E-state index contributed by atoms with van der Waals surface area (Å²) < 4.78 is 0. The van der Waals surface area contributed by atoms with Gasteiger partial charge in [0.1, 0.15) is 0 Å². The Bertz CT molecular complexity index is 89.7. The van der Waals surface area contributed by atoms with E-state index in [-0.39, 0.29) is 5.54 Å². The van der Waals surface area contributed by atoms with Crippen molar-refractivity contribution in [2.75, 3.05) is 7.05 Å². The van der Waals surface area contributed by atoms with E-state index in [0.717, 1.165) is 0 Å². The molecule has 0 aliphatic carbocycles. The zero-order chi connectivity index (χ0) is 10.8. The second kappa shape index (κ2) is 10.4. The van der Waals surface area contributed by atoms with Crippen LogP contribution in [0.3, 0.4) is 0 Å². The Kier molecular flexibility index (Phi) is 15.2. The molecule has 0 fully saturated rings. The fraction of sp³-hybridized carbons (Fsp3) is 0.778. The molecule has 0 aliphatic rings. The summed E-state index contributed by atoms with van der Waals surface area (Å²) in [4.78, 5) is 0. The Balaban J connectivity index is -0.000000175. The SMILES string of the molecule is C#C.CC.CN(N)NC(C)(C)C. The molecular weight excluding hydrogens is 150 g/mol.